The summed E-state index contributed by atoms with van der Waals surface area (Å²) >= 11 is 5.79. The number of aromatic nitrogens is 4. The summed E-state index contributed by atoms with van der Waals surface area (Å²) in [5, 5.41) is 13.4. The van der Waals surface area contributed by atoms with Gasteiger partial charge in [0.2, 0.25) is 5.95 Å². The smallest absolute Gasteiger partial charge is 0.256 e. The molecular formula is C20H21ClFN7O. The number of piperidine rings is 1. The number of aryl methyl sites for hydroxylation is 1. The lowest BCUT2D eigenvalue weighted by Gasteiger charge is -2.32. The van der Waals surface area contributed by atoms with Crippen LogP contribution in [0, 0.1) is 12.7 Å². The molecule has 156 valence electrons. The molecule has 1 aliphatic heterocycles. The SMILES string of the molecule is Cc1cc(Nc2ccnc(NC3CCN(C(=O)c4cccc(Cl)c4F)CC3)n2)n[nH]1. The van der Waals surface area contributed by atoms with Crippen LogP contribution < -0.4 is 10.6 Å². The van der Waals surface area contributed by atoms with Crippen LogP contribution in [0.15, 0.2) is 36.5 Å². The molecule has 1 saturated heterocycles. The van der Waals surface area contributed by atoms with E-state index in [1.165, 1.54) is 12.1 Å². The predicted octanol–water partition coefficient (Wildman–Crippen LogP) is 3.76. The van der Waals surface area contributed by atoms with E-state index in [0.717, 1.165) is 5.69 Å². The van der Waals surface area contributed by atoms with Crippen LogP contribution in [-0.4, -0.2) is 50.1 Å². The molecule has 1 amide bonds. The fourth-order valence-corrected chi connectivity index (χ4v) is 3.53. The van der Waals surface area contributed by atoms with Gasteiger partial charge < -0.3 is 15.5 Å². The Morgan fingerprint density at radius 2 is 2.07 bits per heavy atom. The minimum absolute atomic E-state index is 0.00428. The molecule has 4 rings (SSSR count). The highest BCUT2D eigenvalue weighted by Crippen LogP contribution is 2.22. The van der Waals surface area contributed by atoms with Gasteiger partial charge in [-0.2, -0.15) is 10.1 Å². The summed E-state index contributed by atoms with van der Waals surface area (Å²) in [7, 11) is 0. The van der Waals surface area contributed by atoms with Crippen LogP contribution in [0.1, 0.15) is 28.9 Å². The second-order valence-electron chi connectivity index (χ2n) is 7.14. The maximum Gasteiger partial charge on any atom is 0.256 e. The van der Waals surface area contributed by atoms with Crippen LogP contribution in [0.3, 0.4) is 0 Å². The molecule has 3 heterocycles. The van der Waals surface area contributed by atoms with Gasteiger partial charge in [-0.15, -0.1) is 0 Å². The number of carbonyl (C=O) groups excluding carboxylic acids is 1. The maximum absolute atomic E-state index is 14.1. The number of halogens is 2. The number of hydrogen-bond donors (Lipinski definition) is 3. The van der Waals surface area contributed by atoms with Crippen LogP contribution in [0.2, 0.25) is 5.02 Å². The molecule has 2 aromatic heterocycles. The number of rotatable bonds is 5. The highest BCUT2D eigenvalue weighted by molar-refractivity contribution is 6.31. The van der Waals surface area contributed by atoms with Crippen molar-refractivity contribution < 1.29 is 9.18 Å². The van der Waals surface area contributed by atoms with Crippen molar-refractivity contribution in [2.24, 2.45) is 0 Å². The summed E-state index contributed by atoms with van der Waals surface area (Å²) in [6.07, 6.45) is 3.07. The number of hydrogen-bond acceptors (Lipinski definition) is 6. The number of nitrogens with zero attached hydrogens (tertiary/aromatic N) is 4. The number of carbonyl (C=O) groups is 1. The lowest BCUT2D eigenvalue weighted by molar-refractivity contribution is 0.0713. The summed E-state index contributed by atoms with van der Waals surface area (Å²) in [6.45, 7) is 2.93. The molecule has 1 aromatic carbocycles. The molecule has 30 heavy (non-hydrogen) atoms. The summed E-state index contributed by atoms with van der Waals surface area (Å²) in [4.78, 5) is 23.0. The number of aromatic amines is 1. The lowest BCUT2D eigenvalue weighted by Crippen LogP contribution is -2.42. The molecule has 10 heteroatoms. The van der Waals surface area contributed by atoms with Crippen molar-refractivity contribution in [1.29, 1.82) is 0 Å². The van der Waals surface area contributed by atoms with E-state index in [9.17, 15) is 9.18 Å². The number of H-pyrrole nitrogens is 1. The Labute approximate surface area is 177 Å². The molecule has 0 aliphatic carbocycles. The Kier molecular flexibility index (Phi) is 5.80. The molecule has 0 bridgehead atoms. The predicted molar refractivity (Wildman–Crippen MR) is 113 cm³/mol. The first-order valence-electron chi connectivity index (χ1n) is 9.61. The molecule has 3 aromatic rings. The van der Waals surface area contributed by atoms with Gasteiger partial charge in [0.05, 0.1) is 10.6 Å². The zero-order valence-electron chi connectivity index (χ0n) is 16.3. The van der Waals surface area contributed by atoms with E-state index in [4.69, 9.17) is 11.6 Å². The third kappa shape index (κ3) is 4.51. The Balaban J connectivity index is 1.34. The van der Waals surface area contributed by atoms with Gasteiger partial charge in [0.1, 0.15) is 5.82 Å². The Morgan fingerprint density at radius 3 is 2.80 bits per heavy atom. The van der Waals surface area contributed by atoms with Gasteiger partial charge in [-0.3, -0.25) is 9.89 Å². The topological polar surface area (TPSA) is 98.8 Å². The van der Waals surface area contributed by atoms with Crippen molar-refractivity contribution in [3.05, 3.63) is 58.6 Å². The zero-order valence-corrected chi connectivity index (χ0v) is 17.1. The first-order valence-corrected chi connectivity index (χ1v) is 9.99. The summed E-state index contributed by atoms with van der Waals surface area (Å²) in [5.41, 5.74) is 0.952. The molecule has 0 radical (unpaired) electrons. The monoisotopic (exact) mass is 429 g/mol. The number of amides is 1. The third-order valence-electron chi connectivity index (χ3n) is 4.92. The molecule has 8 nitrogen and oxygen atoms in total. The van der Waals surface area contributed by atoms with Crippen LogP contribution in [0.5, 0.6) is 0 Å². The van der Waals surface area contributed by atoms with Crippen LogP contribution in [-0.2, 0) is 0 Å². The molecule has 3 N–H and O–H groups in total. The summed E-state index contributed by atoms with van der Waals surface area (Å²) in [5.74, 6) is 0.789. The molecule has 0 spiro atoms. The second-order valence-corrected chi connectivity index (χ2v) is 7.55. The largest absolute Gasteiger partial charge is 0.351 e. The first kappa shape index (κ1) is 20.1. The number of anilines is 3. The van der Waals surface area contributed by atoms with Crippen LogP contribution in [0.25, 0.3) is 0 Å². The molecular weight excluding hydrogens is 409 g/mol. The van der Waals surface area contributed by atoms with Crippen LogP contribution in [0.4, 0.5) is 22.0 Å². The molecule has 0 saturated carbocycles. The van der Waals surface area contributed by atoms with Crippen LogP contribution >= 0.6 is 11.6 Å². The van der Waals surface area contributed by atoms with Gasteiger partial charge in [-0.25, -0.2) is 9.37 Å². The highest BCUT2D eigenvalue weighted by Gasteiger charge is 2.26. The van der Waals surface area contributed by atoms with Gasteiger partial charge in [0.25, 0.3) is 5.91 Å². The van der Waals surface area contributed by atoms with E-state index >= 15 is 0 Å². The molecule has 0 atom stereocenters. The lowest BCUT2D eigenvalue weighted by atomic mass is 10.0. The van der Waals surface area contributed by atoms with Gasteiger partial charge in [-0.1, -0.05) is 17.7 Å². The fourth-order valence-electron chi connectivity index (χ4n) is 3.36. The van der Waals surface area contributed by atoms with Gasteiger partial charge >= 0.3 is 0 Å². The minimum atomic E-state index is -0.672. The standard InChI is InChI=1S/C20H21ClFN7O/c1-12-11-17(28-27-12)25-16-5-8-23-20(26-16)24-13-6-9-29(10-7-13)19(30)14-3-2-4-15(21)18(14)22/h2-5,8,11,13H,6-7,9-10H2,1H3,(H3,23,24,25,26,27,28). The molecule has 1 aliphatic rings. The Bertz CT molecular complexity index is 1050. The van der Waals surface area contributed by atoms with Crippen molar-refractivity contribution in [3.8, 4) is 0 Å². The van der Waals surface area contributed by atoms with E-state index in [0.29, 0.717) is 43.5 Å². The summed E-state index contributed by atoms with van der Waals surface area (Å²) in [6, 6.07) is 8.22. The highest BCUT2D eigenvalue weighted by atomic mass is 35.5. The van der Waals surface area contributed by atoms with Crippen molar-refractivity contribution in [2.75, 3.05) is 23.7 Å². The average Bonchev–Trinajstić information content (AvgIpc) is 3.15. The van der Waals surface area contributed by atoms with Gasteiger partial charge in [0, 0.05) is 37.1 Å². The first-order chi connectivity index (χ1) is 14.5. The van der Waals surface area contributed by atoms with E-state index in [2.05, 4.69) is 30.8 Å². The second kappa shape index (κ2) is 8.66. The van der Waals surface area contributed by atoms with Gasteiger partial charge in [-0.05, 0) is 38.0 Å². The van der Waals surface area contributed by atoms with Crippen molar-refractivity contribution >= 4 is 35.1 Å². The average molecular weight is 430 g/mol. The van der Waals surface area contributed by atoms with Crippen molar-refractivity contribution in [2.45, 2.75) is 25.8 Å². The number of likely N-dealkylation sites (tertiary alicyclic amines) is 1. The van der Waals surface area contributed by atoms with Crippen molar-refractivity contribution in [3.63, 3.8) is 0 Å². The summed E-state index contributed by atoms with van der Waals surface area (Å²) < 4.78 is 14.1. The number of nitrogens with one attached hydrogen (secondary N) is 3. The molecule has 0 unspecified atom stereocenters. The van der Waals surface area contributed by atoms with Gasteiger partial charge in [0.15, 0.2) is 11.6 Å². The normalized spacial score (nSPS) is 14.6. The Morgan fingerprint density at radius 1 is 1.27 bits per heavy atom. The zero-order chi connectivity index (χ0) is 21.1. The minimum Gasteiger partial charge on any atom is -0.351 e. The van der Waals surface area contributed by atoms with E-state index < -0.39 is 5.82 Å². The third-order valence-corrected chi connectivity index (χ3v) is 5.21. The quantitative estimate of drug-likeness (QED) is 0.571. The van der Waals surface area contributed by atoms with E-state index in [1.54, 1.807) is 23.2 Å². The number of benzene rings is 1. The van der Waals surface area contributed by atoms with E-state index in [-0.39, 0.29) is 22.5 Å². The molecule has 1 fully saturated rings. The van der Waals surface area contributed by atoms with E-state index in [1.807, 2.05) is 13.0 Å². The van der Waals surface area contributed by atoms with Crippen molar-refractivity contribution in [1.82, 2.24) is 25.1 Å². The Hall–Kier alpha value is -3.20. The maximum atomic E-state index is 14.1. The fraction of sp³-hybridized carbons (Fsp3) is 0.300.